The standard InChI is InChI=1S/C10H24N2O/c1-4-12(8-9(2)3)6-5-10(13)7-11/h9-10,13H,4-8,11H2,1-3H3. The Hall–Kier alpha value is -0.120. The van der Waals surface area contributed by atoms with E-state index >= 15 is 0 Å². The fraction of sp³-hybridized carbons (Fsp3) is 1.00. The molecule has 1 atom stereocenters. The molecule has 3 heteroatoms. The molecule has 0 fully saturated rings. The van der Waals surface area contributed by atoms with Crippen LogP contribution < -0.4 is 5.73 Å². The highest BCUT2D eigenvalue weighted by atomic mass is 16.3. The maximum atomic E-state index is 9.28. The average Bonchev–Trinajstić information content (AvgIpc) is 2.10. The molecule has 0 saturated carbocycles. The highest BCUT2D eigenvalue weighted by Crippen LogP contribution is 2.00. The third-order valence-corrected chi connectivity index (χ3v) is 2.12. The topological polar surface area (TPSA) is 49.5 Å². The third-order valence-electron chi connectivity index (χ3n) is 2.12. The SMILES string of the molecule is CCN(CCC(O)CN)CC(C)C. The molecule has 3 N–H and O–H groups in total. The van der Waals surface area contributed by atoms with Gasteiger partial charge < -0.3 is 15.7 Å². The van der Waals surface area contributed by atoms with Crippen molar-refractivity contribution < 1.29 is 5.11 Å². The van der Waals surface area contributed by atoms with E-state index in [2.05, 4.69) is 25.7 Å². The van der Waals surface area contributed by atoms with Crippen LogP contribution in [0.1, 0.15) is 27.2 Å². The molecule has 0 heterocycles. The first kappa shape index (κ1) is 12.9. The molecule has 0 aliphatic heterocycles. The number of rotatable bonds is 7. The van der Waals surface area contributed by atoms with Crippen LogP contribution in [-0.2, 0) is 0 Å². The van der Waals surface area contributed by atoms with Gasteiger partial charge in [0, 0.05) is 19.6 Å². The van der Waals surface area contributed by atoms with Gasteiger partial charge in [0.25, 0.3) is 0 Å². The van der Waals surface area contributed by atoms with Gasteiger partial charge in [0.15, 0.2) is 0 Å². The van der Waals surface area contributed by atoms with Crippen molar-refractivity contribution in [3.05, 3.63) is 0 Å². The van der Waals surface area contributed by atoms with Crippen LogP contribution in [-0.4, -0.2) is 42.3 Å². The fourth-order valence-corrected chi connectivity index (χ4v) is 1.34. The van der Waals surface area contributed by atoms with Crippen LogP contribution in [0.15, 0.2) is 0 Å². The largest absolute Gasteiger partial charge is 0.392 e. The first-order valence-corrected chi connectivity index (χ1v) is 5.20. The average molecular weight is 188 g/mol. The van der Waals surface area contributed by atoms with Crippen molar-refractivity contribution in [3.8, 4) is 0 Å². The van der Waals surface area contributed by atoms with Crippen molar-refractivity contribution in [3.63, 3.8) is 0 Å². The molecule has 13 heavy (non-hydrogen) atoms. The van der Waals surface area contributed by atoms with Gasteiger partial charge in [-0.1, -0.05) is 20.8 Å². The summed E-state index contributed by atoms with van der Waals surface area (Å²) < 4.78 is 0. The van der Waals surface area contributed by atoms with Gasteiger partial charge in [0.1, 0.15) is 0 Å². The van der Waals surface area contributed by atoms with Gasteiger partial charge in [-0.15, -0.1) is 0 Å². The molecular formula is C10H24N2O. The summed E-state index contributed by atoms with van der Waals surface area (Å²) in [6.45, 7) is 10.1. The Kier molecular flexibility index (Phi) is 7.23. The van der Waals surface area contributed by atoms with Gasteiger partial charge in [-0.3, -0.25) is 0 Å². The minimum Gasteiger partial charge on any atom is -0.392 e. The van der Waals surface area contributed by atoms with Crippen molar-refractivity contribution in [1.82, 2.24) is 4.90 Å². The van der Waals surface area contributed by atoms with Crippen LogP contribution >= 0.6 is 0 Å². The zero-order chi connectivity index (χ0) is 10.3. The van der Waals surface area contributed by atoms with E-state index in [-0.39, 0.29) is 6.10 Å². The number of hydrogen-bond donors (Lipinski definition) is 2. The molecule has 80 valence electrons. The number of hydrogen-bond acceptors (Lipinski definition) is 3. The van der Waals surface area contributed by atoms with Crippen LogP contribution in [0.25, 0.3) is 0 Å². The van der Waals surface area contributed by atoms with E-state index in [0.29, 0.717) is 12.5 Å². The summed E-state index contributed by atoms with van der Waals surface area (Å²) in [7, 11) is 0. The second-order valence-electron chi connectivity index (χ2n) is 3.97. The van der Waals surface area contributed by atoms with Gasteiger partial charge >= 0.3 is 0 Å². The predicted molar refractivity (Wildman–Crippen MR) is 56.6 cm³/mol. The summed E-state index contributed by atoms with van der Waals surface area (Å²) in [5.41, 5.74) is 5.33. The van der Waals surface area contributed by atoms with E-state index in [9.17, 15) is 5.11 Å². The van der Waals surface area contributed by atoms with Crippen LogP contribution in [0.2, 0.25) is 0 Å². The summed E-state index contributed by atoms with van der Waals surface area (Å²) in [5, 5.41) is 9.28. The van der Waals surface area contributed by atoms with Gasteiger partial charge in [0.05, 0.1) is 6.10 Å². The van der Waals surface area contributed by atoms with Crippen molar-refractivity contribution >= 4 is 0 Å². The molecule has 0 radical (unpaired) electrons. The third kappa shape index (κ3) is 6.99. The predicted octanol–water partition coefficient (Wildman–Crippen LogP) is 0.674. The van der Waals surface area contributed by atoms with Gasteiger partial charge in [-0.25, -0.2) is 0 Å². The lowest BCUT2D eigenvalue weighted by Gasteiger charge is -2.23. The van der Waals surface area contributed by atoms with E-state index in [0.717, 1.165) is 26.1 Å². The number of nitrogens with two attached hydrogens (primary N) is 1. The van der Waals surface area contributed by atoms with Crippen molar-refractivity contribution in [2.75, 3.05) is 26.2 Å². The lowest BCUT2D eigenvalue weighted by Crippen LogP contribution is -2.32. The van der Waals surface area contributed by atoms with Crippen molar-refractivity contribution in [2.24, 2.45) is 11.7 Å². The Labute approximate surface area is 81.9 Å². The normalized spacial score (nSPS) is 14.1. The molecule has 0 aromatic rings. The van der Waals surface area contributed by atoms with E-state index in [1.165, 1.54) is 0 Å². The highest BCUT2D eigenvalue weighted by molar-refractivity contribution is 4.62. The maximum absolute atomic E-state index is 9.28. The molecule has 0 amide bonds. The molecule has 0 aliphatic rings. The summed E-state index contributed by atoms with van der Waals surface area (Å²) in [5.74, 6) is 0.690. The molecule has 0 aromatic heterocycles. The van der Waals surface area contributed by atoms with Crippen LogP contribution in [0.5, 0.6) is 0 Å². The zero-order valence-corrected chi connectivity index (χ0v) is 9.16. The Morgan fingerprint density at radius 3 is 2.38 bits per heavy atom. The molecule has 0 aromatic carbocycles. The Morgan fingerprint density at radius 1 is 1.38 bits per heavy atom. The Bertz CT molecular complexity index is 117. The van der Waals surface area contributed by atoms with Gasteiger partial charge in [-0.2, -0.15) is 0 Å². The molecule has 1 unspecified atom stereocenters. The quantitative estimate of drug-likeness (QED) is 0.617. The number of aliphatic hydroxyl groups is 1. The zero-order valence-electron chi connectivity index (χ0n) is 9.16. The Morgan fingerprint density at radius 2 is 2.00 bits per heavy atom. The van der Waals surface area contributed by atoms with E-state index in [1.54, 1.807) is 0 Å². The highest BCUT2D eigenvalue weighted by Gasteiger charge is 2.07. The van der Waals surface area contributed by atoms with Crippen molar-refractivity contribution in [2.45, 2.75) is 33.3 Å². The second-order valence-corrected chi connectivity index (χ2v) is 3.97. The number of nitrogens with zero attached hydrogens (tertiary/aromatic N) is 1. The molecule has 0 rings (SSSR count). The monoisotopic (exact) mass is 188 g/mol. The van der Waals surface area contributed by atoms with Crippen LogP contribution in [0.3, 0.4) is 0 Å². The van der Waals surface area contributed by atoms with E-state index in [4.69, 9.17) is 5.73 Å². The number of aliphatic hydroxyl groups excluding tert-OH is 1. The minimum atomic E-state index is -0.332. The maximum Gasteiger partial charge on any atom is 0.0674 e. The van der Waals surface area contributed by atoms with Gasteiger partial charge in [0.2, 0.25) is 0 Å². The molecule has 0 saturated heterocycles. The van der Waals surface area contributed by atoms with E-state index < -0.39 is 0 Å². The lowest BCUT2D eigenvalue weighted by molar-refractivity contribution is 0.144. The molecule has 0 aliphatic carbocycles. The van der Waals surface area contributed by atoms with Crippen molar-refractivity contribution in [1.29, 1.82) is 0 Å². The molecule has 0 bridgehead atoms. The van der Waals surface area contributed by atoms with Gasteiger partial charge in [-0.05, 0) is 18.9 Å². The fourth-order valence-electron chi connectivity index (χ4n) is 1.34. The van der Waals surface area contributed by atoms with E-state index in [1.807, 2.05) is 0 Å². The first-order valence-electron chi connectivity index (χ1n) is 5.20. The minimum absolute atomic E-state index is 0.332. The van der Waals surface area contributed by atoms with Crippen LogP contribution in [0, 0.1) is 5.92 Å². The molecular weight excluding hydrogens is 164 g/mol. The smallest absolute Gasteiger partial charge is 0.0674 e. The summed E-state index contributed by atoms with van der Waals surface area (Å²) in [4.78, 5) is 2.35. The summed E-state index contributed by atoms with van der Waals surface area (Å²) in [6, 6.07) is 0. The molecule has 3 nitrogen and oxygen atoms in total. The second kappa shape index (κ2) is 7.30. The summed E-state index contributed by atoms with van der Waals surface area (Å²) in [6.07, 6.45) is 0.457. The lowest BCUT2D eigenvalue weighted by atomic mass is 10.2. The Balaban J connectivity index is 3.59. The van der Waals surface area contributed by atoms with Crippen LogP contribution in [0.4, 0.5) is 0 Å². The summed E-state index contributed by atoms with van der Waals surface area (Å²) >= 11 is 0. The first-order chi connectivity index (χ1) is 6.10. The molecule has 0 spiro atoms.